The molecule has 0 saturated carbocycles. The smallest absolute Gasteiger partial charge is 0.366 e. The Hall–Kier alpha value is -2.00. The second-order valence-electron chi connectivity index (χ2n) is 3.53. The summed E-state index contributed by atoms with van der Waals surface area (Å²) in [5, 5.41) is 9.67. The van der Waals surface area contributed by atoms with Crippen molar-refractivity contribution in [2.45, 2.75) is 18.7 Å². The summed E-state index contributed by atoms with van der Waals surface area (Å²) >= 11 is 0. The number of aliphatic hydroxyl groups is 1. The maximum absolute atomic E-state index is 12.8. The van der Waals surface area contributed by atoms with Gasteiger partial charge in [-0.2, -0.15) is 13.2 Å². The Labute approximate surface area is 101 Å². The van der Waals surface area contributed by atoms with E-state index in [2.05, 4.69) is 0 Å². The van der Waals surface area contributed by atoms with E-state index in [1.807, 2.05) is 5.92 Å². The Bertz CT molecular complexity index is 528. The van der Waals surface area contributed by atoms with Gasteiger partial charge in [0.1, 0.15) is 0 Å². The third-order valence-corrected chi connectivity index (χ3v) is 2.28. The van der Waals surface area contributed by atoms with Crippen LogP contribution in [0.3, 0.4) is 0 Å². The zero-order valence-corrected chi connectivity index (χ0v) is 9.38. The van der Waals surface area contributed by atoms with E-state index >= 15 is 0 Å². The molecule has 3 N–H and O–H groups in total. The normalized spacial score (nSPS) is 14.3. The van der Waals surface area contributed by atoms with E-state index in [-0.39, 0.29) is 5.56 Å². The van der Waals surface area contributed by atoms with Crippen molar-refractivity contribution in [3.8, 4) is 11.8 Å². The SMILES string of the molecule is CC#CC(O)(c1cccc(C(N)=O)c1)C(F)(F)F. The van der Waals surface area contributed by atoms with E-state index in [0.29, 0.717) is 0 Å². The van der Waals surface area contributed by atoms with Crippen LogP contribution in [0, 0.1) is 11.8 Å². The van der Waals surface area contributed by atoms with Gasteiger partial charge in [-0.3, -0.25) is 4.79 Å². The van der Waals surface area contributed by atoms with Gasteiger partial charge >= 0.3 is 6.18 Å². The lowest BCUT2D eigenvalue weighted by atomic mass is 9.92. The highest BCUT2D eigenvalue weighted by molar-refractivity contribution is 5.93. The summed E-state index contributed by atoms with van der Waals surface area (Å²) in [6.45, 7) is 1.18. The number of nitrogens with two attached hydrogens (primary N) is 1. The highest BCUT2D eigenvalue weighted by Crippen LogP contribution is 2.38. The van der Waals surface area contributed by atoms with Gasteiger partial charge in [0.25, 0.3) is 0 Å². The molecule has 96 valence electrons. The maximum atomic E-state index is 12.8. The van der Waals surface area contributed by atoms with E-state index in [1.54, 1.807) is 5.92 Å². The highest BCUT2D eigenvalue weighted by Gasteiger charge is 2.54. The van der Waals surface area contributed by atoms with Crippen molar-refractivity contribution in [3.05, 3.63) is 35.4 Å². The van der Waals surface area contributed by atoms with Crippen LogP contribution < -0.4 is 5.73 Å². The predicted molar refractivity (Wildman–Crippen MR) is 58.4 cm³/mol. The average molecular weight is 257 g/mol. The first-order chi connectivity index (χ1) is 8.22. The third-order valence-electron chi connectivity index (χ3n) is 2.28. The Morgan fingerprint density at radius 1 is 1.39 bits per heavy atom. The van der Waals surface area contributed by atoms with E-state index in [0.717, 1.165) is 12.1 Å². The van der Waals surface area contributed by atoms with Gasteiger partial charge < -0.3 is 10.8 Å². The zero-order chi connectivity index (χ0) is 14.0. The van der Waals surface area contributed by atoms with Crippen molar-refractivity contribution in [2.75, 3.05) is 0 Å². The summed E-state index contributed by atoms with van der Waals surface area (Å²) in [4.78, 5) is 10.9. The first-order valence-electron chi connectivity index (χ1n) is 4.85. The second-order valence-corrected chi connectivity index (χ2v) is 3.53. The molecule has 0 spiro atoms. The quantitative estimate of drug-likeness (QED) is 0.790. The lowest BCUT2D eigenvalue weighted by molar-refractivity contribution is -0.240. The summed E-state index contributed by atoms with van der Waals surface area (Å²) in [5.74, 6) is 2.85. The minimum absolute atomic E-state index is 0.131. The Kier molecular flexibility index (Phi) is 3.67. The van der Waals surface area contributed by atoms with Crippen LogP contribution in [0.2, 0.25) is 0 Å². The van der Waals surface area contributed by atoms with Crippen LogP contribution in [0.5, 0.6) is 0 Å². The van der Waals surface area contributed by atoms with Gasteiger partial charge in [-0.05, 0) is 19.1 Å². The molecule has 1 atom stereocenters. The number of carbonyl (C=O) groups is 1. The molecule has 0 heterocycles. The third kappa shape index (κ3) is 2.46. The van der Waals surface area contributed by atoms with Crippen molar-refractivity contribution in [1.82, 2.24) is 0 Å². The highest BCUT2D eigenvalue weighted by atomic mass is 19.4. The Morgan fingerprint density at radius 3 is 2.44 bits per heavy atom. The molecule has 0 aliphatic rings. The molecule has 6 heteroatoms. The van der Waals surface area contributed by atoms with Gasteiger partial charge in [0.05, 0.1) is 0 Å². The number of hydrogen-bond acceptors (Lipinski definition) is 2. The van der Waals surface area contributed by atoms with E-state index in [1.165, 1.54) is 19.1 Å². The molecule has 0 fully saturated rings. The fraction of sp³-hybridized carbons (Fsp3) is 0.250. The number of primary amides is 1. The largest absolute Gasteiger partial charge is 0.433 e. The predicted octanol–water partition coefficient (Wildman–Crippen LogP) is 1.56. The van der Waals surface area contributed by atoms with Crippen molar-refractivity contribution in [3.63, 3.8) is 0 Å². The van der Waals surface area contributed by atoms with Gasteiger partial charge in [-0.15, -0.1) is 5.92 Å². The topological polar surface area (TPSA) is 63.3 Å². The van der Waals surface area contributed by atoms with Gasteiger partial charge in [-0.1, -0.05) is 18.1 Å². The van der Waals surface area contributed by atoms with E-state index in [4.69, 9.17) is 5.73 Å². The maximum Gasteiger partial charge on any atom is 0.433 e. The van der Waals surface area contributed by atoms with Gasteiger partial charge in [0, 0.05) is 11.1 Å². The summed E-state index contributed by atoms with van der Waals surface area (Å²) < 4.78 is 38.5. The summed E-state index contributed by atoms with van der Waals surface area (Å²) in [5.41, 5.74) is 0.986. The molecule has 1 aromatic rings. The molecule has 0 aliphatic carbocycles. The Balaban J connectivity index is 3.43. The van der Waals surface area contributed by atoms with Crippen LogP contribution in [0.4, 0.5) is 13.2 Å². The van der Waals surface area contributed by atoms with Crippen LogP contribution in [-0.4, -0.2) is 17.2 Å². The summed E-state index contributed by atoms with van der Waals surface area (Å²) in [7, 11) is 0. The first kappa shape index (κ1) is 14.1. The summed E-state index contributed by atoms with van der Waals surface area (Å²) in [6.07, 6.45) is -4.98. The number of alkyl halides is 3. The van der Waals surface area contributed by atoms with Gasteiger partial charge in [0.2, 0.25) is 11.5 Å². The fourth-order valence-electron chi connectivity index (χ4n) is 1.39. The molecule has 18 heavy (non-hydrogen) atoms. The van der Waals surface area contributed by atoms with Crippen LogP contribution in [0.15, 0.2) is 24.3 Å². The van der Waals surface area contributed by atoms with Crippen LogP contribution in [0.25, 0.3) is 0 Å². The van der Waals surface area contributed by atoms with E-state index < -0.39 is 23.2 Å². The molecule has 1 rings (SSSR count). The molecule has 0 bridgehead atoms. The molecule has 1 unspecified atom stereocenters. The van der Waals surface area contributed by atoms with Crippen molar-refractivity contribution >= 4 is 5.91 Å². The lowest BCUT2D eigenvalue weighted by Gasteiger charge is -2.25. The Morgan fingerprint density at radius 2 is 2.00 bits per heavy atom. The average Bonchev–Trinajstić information content (AvgIpc) is 2.28. The van der Waals surface area contributed by atoms with Crippen molar-refractivity contribution < 1.29 is 23.1 Å². The zero-order valence-electron chi connectivity index (χ0n) is 9.38. The molecule has 0 saturated heterocycles. The number of carbonyl (C=O) groups excluding carboxylic acids is 1. The van der Waals surface area contributed by atoms with Gasteiger partial charge in [0.15, 0.2) is 0 Å². The molecule has 1 aromatic carbocycles. The molecule has 0 aliphatic heterocycles. The number of hydrogen-bond donors (Lipinski definition) is 2. The molecule has 3 nitrogen and oxygen atoms in total. The molecular weight excluding hydrogens is 247 g/mol. The monoisotopic (exact) mass is 257 g/mol. The minimum Gasteiger partial charge on any atom is -0.366 e. The summed E-state index contributed by atoms with van der Waals surface area (Å²) in [6, 6.07) is 4.36. The van der Waals surface area contributed by atoms with Crippen LogP contribution in [-0.2, 0) is 5.60 Å². The van der Waals surface area contributed by atoms with Crippen LogP contribution >= 0.6 is 0 Å². The molecule has 0 aromatic heterocycles. The van der Waals surface area contributed by atoms with Crippen molar-refractivity contribution in [2.24, 2.45) is 5.73 Å². The van der Waals surface area contributed by atoms with Crippen molar-refractivity contribution in [1.29, 1.82) is 0 Å². The fourth-order valence-corrected chi connectivity index (χ4v) is 1.39. The molecular formula is C12H10F3NO2. The lowest BCUT2D eigenvalue weighted by Crippen LogP contribution is -2.41. The number of halogens is 3. The standard InChI is InChI=1S/C12H10F3NO2/c1-2-6-11(18,12(13,14)15)9-5-3-4-8(7-9)10(16)17/h3-5,7,18H,1H3,(H2,16,17). The minimum atomic E-state index is -4.98. The molecule has 1 amide bonds. The number of rotatable bonds is 2. The van der Waals surface area contributed by atoms with Gasteiger partial charge in [-0.25, -0.2) is 0 Å². The van der Waals surface area contributed by atoms with E-state index in [9.17, 15) is 23.1 Å². The first-order valence-corrected chi connectivity index (χ1v) is 4.85. The number of amides is 1. The molecule has 0 radical (unpaired) electrons. The second kappa shape index (κ2) is 4.70. The van der Waals surface area contributed by atoms with Crippen LogP contribution in [0.1, 0.15) is 22.8 Å². The number of benzene rings is 1.